The number of halogens is 3. The van der Waals surface area contributed by atoms with Crippen LogP contribution in [0.1, 0.15) is 46.2 Å². The molecule has 2 aliphatic rings. The maximum Gasteiger partial charge on any atom is 0.377 e. The summed E-state index contributed by atoms with van der Waals surface area (Å²) in [6.45, 7) is 9.21. The zero-order valence-corrected chi connectivity index (χ0v) is 23.3. The number of benzene rings is 1. The van der Waals surface area contributed by atoms with E-state index in [1.54, 1.807) is 27.0 Å². The molecule has 1 aliphatic carbocycles. The molecule has 0 radical (unpaired) electrons. The molecule has 4 rings (SSSR count). The second-order valence-electron chi connectivity index (χ2n) is 11.7. The first-order valence-electron chi connectivity index (χ1n) is 12.3. The van der Waals surface area contributed by atoms with Gasteiger partial charge in [-0.15, -0.1) is 0 Å². The summed E-state index contributed by atoms with van der Waals surface area (Å²) in [7, 11) is 0. The number of nitrogens with one attached hydrogen (secondary N) is 2. The van der Waals surface area contributed by atoms with Gasteiger partial charge in [0.2, 0.25) is 11.8 Å². The number of alkyl halides is 3. The van der Waals surface area contributed by atoms with Crippen LogP contribution in [0.15, 0.2) is 36.7 Å². The first-order chi connectivity index (χ1) is 17.6. The molecule has 2 N–H and O–H groups in total. The van der Waals surface area contributed by atoms with E-state index in [-0.39, 0.29) is 23.8 Å². The van der Waals surface area contributed by atoms with Crippen LogP contribution in [0.4, 0.5) is 8.78 Å². The third kappa shape index (κ3) is 4.98. The van der Waals surface area contributed by atoms with Gasteiger partial charge in [0.1, 0.15) is 18.1 Å². The fourth-order valence-corrected chi connectivity index (χ4v) is 5.73. The van der Waals surface area contributed by atoms with Crippen molar-refractivity contribution in [2.45, 2.75) is 57.6 Å². The predicted molar refractivity (Wildman–Crippen MR) is 140 cm³/mol. The molecular weight excluding hydrogens is 560 g/mol. The van der Waals surface area contributed by atoms with Gasteiger partial charge in [-0.1, -0.05) is 58.9 Å². The SMILES string of the molecule is CC(C)(C)[C@H](NC(=O)C(F)(F)Br)C(=O)N1C[C@H]2[C@@H]([C@H]1C(=O)NC(C#N)c1cncc3ccccc13)C2(C)C. The third-order valence-corrected chi connectivity index (χ3v) is 8.19. The van der Waals surface area contributed by atoms with E-state index in [1.807, 2.05) is 54.0 Å². The Morgan fingerprint density at radius 2 is 1.84 bits per heavy atom. The van der Waals surface area contributed by atoms with E-state index >= 15 is 0 Å². The molecule has 1 aliphatic heterocycles. The van der Waals surface area contributed by atoms with E-state index in [1.165, 1.54) is 11.1 Å². The average Bonchev–Trinajstić information content (AvgIpc) is 3.16. The number of aromatic nitrogens is 1. The minimum Gasteiger partial charge on any atom is -0.338 e. The zero-order chi connectivity index (χ0) is 28.2. The summed E-state index contributed by atoms with van der Waals surface area (Å²) in [5.74, 6) is -2.92. The van der Waals surface area contributed by atoms with Gasteiger partial charge in [-0.05, 0) is 28.1 Å². The third-order valence-electron chi connectivity index (χ3n) is 7.83. The highest BCUT2D eigenvalue weighted by Gasteiger charge is 2.70. The lowest BCUT2D eigenvalue weighted by Gasteiger charge is -2.38. The van der Waals surface area contributed by atoms with Crippen LogP contribution < -0.4 is 10.6 Å². The van der Waals surface area contributed by atoms with Gasteiger partial charge in [0.15, 0.2) is 0 Å². The molecule has 5 atom stereocenters. The number of likely N-dealkylation sites (tertiary alicyclic amines) is 1. The van der Waals surface area contributed by atoms with Crippen LogP contribution in [-0.4, -0.2) is 51.1 Å². The molecule has 0 spiro atoms. The Balaban J connectivity index is 1.63. The van der Waals surface area contributed by atoms with Crippen LogP contribution in [0.3, 0.4) is 0 Å². The molecular formula is C27H30BrF2N5O3. The fraction of sp³-hybridized carbons (Fsp3) is 0.519. The maximum absolute atomic E-state index is 13.7. The van der Waals surface area contributed by atoms with Gasteiger partial charge in [0, 0.05) is 45.8 Å². The molecule has 2 fully saturated rings. The van der Waals surface area contributed by atoms with E-state index < -0.39 is 46.1 Å². The molecule has 3 amide bonds. The highest BCUT2D eigenvalue weighted by molar-refractivity contribution is 9.10. The number of hydrogen-bond donors (Lipinski definition) is 2. The molecule has 11 heteroatoms. The van der Waals surface area contributed by atoms with Crippen molar-refractivity contribution < 1.29 is 23.2 Å². The van der Waals surface area contributed by atoms with E-state index in [2.05, 4.69) is 21.7 Å². The van der Waals surface area contributed by atoms with Crippen LogP contribution in [0, 0.1) is 34.0 Å². The zero-order valence-electron chi connectivity index (χ0n) is 21.8. The second-order valence-corrected chi connectivity index (χ2v) is 12.7. The van der Waals surface area contributed by atoms with Gasteiger partial charge in [-0.2, -0.15) is 14.0 Å². The number of nitrogens with zero attached hydrogens (tertiary/aromatic N) is 3. The van der Waals surface area contributed by atoms with Crippen molar-refractivity contribution >= 4 is 44.4 Å². The number of fused-ring (bicyclic) bond motifs is 2. The lowest BCUT2D eigenvalue weighted by Crippen LogP contribution is -2.60. The molecule has 0 bridgehead atoms. The number of rotatable bonds is 6. The summed E-state index contributed by atoms with van der Waals surface area (Å²) in [6, 6.07) is 6.25. The molecule has 1 unspecified atom stereocenters. The Morgan fingerprint density at radius 1 is 1.18 bits per heavy atom. The Hall–Kier alpha value is -3.13. The van der Waals surface area contributed by atoms with Crippen molar-refractivity contribution in [2.24, 2.45) is 22.7 Å². The van der Waals surface area contributed by atoms with Crippen LogP contribution in [0.2, 0.25) is 0 Å². The Morgan fingerprint density at radius 3 is 2.45 bits per heavy atom. The van der Waals surface area contributed by atoms with Crippen molar-refractivity contribution in [3.63, 3.8) is 0 Å². The van der Waals surface area contributed by atoms with Crippen molar-refractivity contribution in [3.05, 3.63) is 42.2 Å². The molecule has 1 aromatic heterocycles. The first kappa shape index (κ1) is 27.9. The standard InChI is InChI=1S/C27H30BrF2N5O3/c1-25(2,3)21(34-24(38)27(28,29)30)23(37)35-13-17-19(26(17,4)5)20(35)22(36)33-18(10-31)16-12-32-11-14-8-6-7-9-15(14)16/h6-9,11-12,17-21H,13H2,1-5H3,(H,33,36)(H,34,38)/t17-,18?,19-,20-,21+/m0/s1. The van der Waals surface area contributed by atoms with Crippen molar-refractivity contribution in [3.8, 4) is 6.07 Å². The summed E-state index contributed by atoms with van der Waals surface area (Å²) < 4.78 is 27.2. The number of hydrogen-bond acceptors (Lipinski definition) is 5. The van der Waals surface area contributed by atoms with Crippen molar-refractivity contribution in [1.29, 1.82) is 5.26 Å². The topological polar surface area (TPSA) is 115 Å². The average molecular weight is 590 g/mol. The largest absolute Gasteiger partial charge is 0.377 e. The number of amides is 3. The van der Waals surface area contributed by atoms with E-state index in [9.17, 15) is 28.4 Å². The van der Waals surface area contributed by atoms with Crippen LogP contribution in [0.5, 0.6) is 0 Å². The monoisotopic (exact) mass is 589 g/mol. The molecule has 1 aromatic carbocycles. The van der Waals surface area contributed by atoms with Gasteiger partial charge in [0.25, 0.3) is 0 Å². The van der Waals surface area contributed by atoms with E-state index in [0.717, 1.165) is 10.8 Å². The Bertz CT molecular complexity index is 1330. The molecule has 1 saturated heterocycles. The predicted octanol–water partition coefficient (Wildman–Crippen LogP) is 3.92. The number of carbonyl (C=O) groups excluding carboxylic acids is 3. The number of pyridine rings is 1. The number of piperidine rings is 1. The van der Waals surface area contributed by atoms with Crippen LogP contribution in [0.25, 0.3) is 10.8 Å². The van der Waals surface area contributed by atoms with Crippen molar-refractivity contribution in [2.75, 3.05) is 6.54 Å². The van der Waals surface area contributed by atoms with Crippen molar-refractivity contribution in [1.82, 2.24) is 20.5 Å². The lowest BCUT2D eigenvalue weighted by atomic mass is 9.85. The van der Waals surface area contributed by atoms with E-state index in [4.69, 9.17) is 0 Å². The Kier molecular flexibility index (Phi) is 7.02. The van der Waals surface area contributed by atoms with Crippen LogP contribution in [-0.2, 0) is 14.4 Å². The minimum absolute atomic E-state index is 0.0240. The molecule has 2 heterocycles. The summed E-state index contributed by atoms with van der Waals surface area (Å²) in [5, 5.41) is 16.5. The summed E-state index contributed by atoms with van der Waals surface area (Å²) >= 11 is 2.04. The molecule has 38 heavy (non-hydrogen) atoms. The fourth-order valence-electron chi connectivity index (χ4n) is 5.62. The molecule has 1 saturated carbocycles. The lowest BCUT2D eigenvalue weighted by molar-refractivity contribution is -0.148. The minimum atomic E-state index is -3.85. The normalized spacial score (nSPS) is 23.7. The van der Waals surface area contributed by atoms with Gasteiger partial charge in [0.05, 0.1) is 6.07 Å². The van der Waals surface area contributed by atoms with Gasteiger partial charge in [-0.3, -0.25) is 19.4 Å². The van der Waals surface area contributed by atoms with Crippen LogP contribution >= 0.6 is 15.9 Å². The van der Waals surface area contributed by atoms with Gasteiger partial charge < -0.3 is 15.5 Å². The summed E-state index contributed by atoms with van der Waals surface area (Å²) in [4.78, 5) is 41.3. The van der Waals surface area contributed by atoms with E-state index in [0.29, 0.717) is 5.56 Å². The van der Waals surface area contributed by atoms with Gasteiger partial charge in [-0.25, -0.2) is 0 Å². The smallest absolute Gasteiger partial charge is 0.338 e. The molecule has 2 aromatic rings. The quantitative estimate of drug-likeness (QED) is 0.496. The highest BCUT2D eigenvalue weighted by Crippen LogP contribution is 2.65. The second kappa shape index (κ2) is 9.56. The Labute approximate surface area is 228 Å². The molecule has 8 nitrogen and oxygen atoms in total. The number of nitriles is 1. The highest BCUT2D eigenvalue weighted by atomic mass is 79.9. The molecule has 202 valence electrons. The first-order valence-corrected chi connectivity index (χ1v) is 13.1. The summed E-state index contributed by atoms with van der Waals surface area (Å²) in [5.41, 5.74) is -0.607. The van der Waals surface area contributed by atoms with Gasteiger partial charge >= 0.3 is 10.7 Å². The summed E-state index contributed by atoms with van der Waals surface area (Å²) in [6.07, 6.45) is 3.20. The maximum atomic E-state index is 13.7. The number of carbonyl (C=O) groups is 3.